The molecule has 0 saturated heterocycles. The standard InChI is InChI=1S/C2H4O2S.C2H6O2/c1-2(3)4-5;3-1-2-4/h5H,1H3;3-4H,1-2H2. The highest BCUT2D eigenvalue weighted by Gasteiger charge is 1.77. The van der Waals surface area contributed by atoms with Crippen molar-refractivity contribution in [2.24, 2.45) is 0 Å². The van der Waals surface area contributed by atoms with E-state index in [9.17, 15) is 4.79 Å². The Morgan fingerprint density at radius 3 is 1.78 bits per heavy atom. The topological polar surface area (TPSA) is 66.8 Å². The Balaban J connectivity index is 0. The summed E-state index contributed by atoms with van der Waals surface area (Å²) in [7, 11) is 0. The summed E-state index contributed by atoms with van der Waals surface area (Å²) in [6.07, 6.45) is 0. The summed E-state index contributed by atoms with van der Waals surface area (Å²) in [4.78, 5) is 9.51. The number of rotatable bonds is 1. The van der Waals surface area contributed by atoms with Crippen LogP contribution in [0.3, 0.4) is 0 Å². The molecular weight excluding hydrogens is 144 g/mol. The number of aliphatic hydroxyl groups is 2. The van der Waals surface area contributed by atoms with Crippen molar-refractivity contribution in [3.05, 3.63) is 0 Å². The molecule has 0 atom stereocenters. The predicted molar refractivity (Wildman–Crippen MR) is 34.9 cm³/mol. The van der Waals surface area contributed by atoms with E-state index in [0.29, 0.717) is 0 Å². The van der Waals surface area contributed by atoms with Gasteiger partial charge in [-0.2, -0.15) is 0 Å². The normalized spacial score (nSPS) is 7.11. The quantitative estimate of drug-likeness (QED) is 0.347. The van der Waals surface area contributed by atoms with E-state index in [1.54, 1.807) is 0 Å². The zero-order chi connectivity index (χ0) is 7.70. The van der Waals surface area contributed by atoms with Crippen LogP contribution in [-0.4, -0.2) is 29.4 Å². The molecule has 0 aliphatic heterocycles. The van der Waals surface area contributed by atoms with Gasteiger partial charge in [-0.1, -0.05) is 0 Å². The average molecular weight is 154 g/mol. The number of carbonyl (C=O) groups excluding carboxylic acids is 1. The molecule has 0 bridgehead atoms. The van der Waals surface area contributed by atoms with Gasteiger partial charge in [-0.3, -0.25) is 4.79 Å². The van der Waals surface area contributed by atoms with Crippen molar-refractivity contribution in [2.45, 2.75) is 6.92 Å². The summed E-state index contributed by atoms with van der Waals surface area (Å²) in [6, 6.07) is 0. The van der Waals surface area contributed by atoms with Crippen molar-refractivity contribution in [1.82, 2.24) is 0 Å². The molecule has 2 N–H and O–H groups in total. The second-order valence-electron chi connectivity index (χ2n) is 1.03. The van der Waals surface area contributed by atoms with Crippen molar-refractivity contribution < 1.29 is 19.2 Å². The molecule has 0 fully saturated rings. The molecule has 0 aliphatic carbocycles. The Morgan fingerprint density at radius 1 is 1.56 bits per heavy atom. The largest absolute Gasteiger partial charge is 0.395 e. The third kappa shape index (κ3) is 34.0. The Labute approximate surface area is 59.1 Å². The highest BCUT2D eigenvalue weighted by molar-refractivity contribution is 7.75. The minimum atomic E-state index is -0.381. The van der Waals surface area contributed by atoms with Gasteiger partial charge in [-0.25, -0.2) is 0 Å². The predicted octanol–water partition coefficient (Wildman–Crippen LogP) is -0.635. The lowest BCUT2D eigenvalue weighted by Gasteiger charge is -1.77. The second-order valence-corrected chi connectivity index (χ2v) is 1.21. The van der Waals surface area contributed by atoms with Crippen LogP contribution in [0.2, 0.25) is 0 Å². The van der Waals surface area contributed by atoms with Crippen LogP contribution in [0.1, 0.15) is 6.92 Å². The highest BCUT2D eigenvalue weighted by atomic mass is 32.1. The van der Waals surface area contributed by atoms with Gasteiger partial charge in [-0.05, 0) is 0 Å². The molecule has 0 spiro atoms. The van der Waals surface area contributed by atoms with Crippen LogP contribution in [0.25, 0.3) is 0 Å². The molecule has 0 aromatic heterocycles. The fourth-order valence-corrected chi connectivity index (χ4v) is 0. The van der Waals surface area contributed by atoms with Gasteiger partial charge in [0.05, 0.1) is 13.2 Å². The Hall–Kier alpha value is -0.260. The average Bonchev–Trinajstić information content (AvgIpc) is 1.89. The van der Waals surface area contributed by atoms with E-state index in [1.807, 2.05) is 0 Å². The molecule has 5 heteroatoms. The molecule has 0 amide bonds. The summed E-state index contributed by atoms with van der Waals surface area (Å²) >= 11 is 3.17. The van der Waals surface area contributed by atoms with Gasteiger partial charge in [-0.15, -0.1) is 0 Å². The lowest BCUT2D eigenvalue weighted by Crippen LogP contribution is -1.85. The first kappa shape index (κ1) is 11.5. The van der Waals surface area contributed by atoms with E-state index in [4.69, 9.17) is 10.2 Å². The molecular formula is C4H10O4S. The molecule has 4 nitrogen and oxygen atoms in total. The van der Waals surface area contributed by atoms with Crippen molar-refractivity contribution in [1.29, 1.82) is 0 Å². The Kier molecular flexibility index (Phi) is 13.7. The van der Waals surface area contributed by atoms with Crippen molar-refractivity contribution in [3.63, 3.8) is 0 Å². The van der Waals surface area contributed by atoms with Gasteiger partial charge in [0, 0.05) is 19.8 Å². The third-order valence-corrected chi connectivity index (χ3v) is 0.486. The minimum Gasteiger partial charge on any atom is -0.395 e. The van der Waals surface area contributed by atoms with E-state index in [1.165, 1.54) is 6.92 Å². The first-order valence-electron chi connectivity index (χ1n) is 2.22. The fourth-order valence-electron chi connectivity index (χ4n) is 0. The van der Waals surface area contributed by atoms with Crippen LogP contribution in [0.4, 0.5) is 0 Å². The van der Waals surface area contributed by atoms with Gasteiger partial charge < -0.3 is 14.4 Å². The third-order valence-electron chi connectivity index (χ3n) is 0.229. The first-order valence-corrected chi connectivity index (χ1v) is 2.59. The number of hydrogen-bond acceptors (Lipinski definition) is 5. The van der Waals surface area contributed by atoms with Gasteiger partial charge >= 0.3 is 5.97 Å². The van der Waals surface area contributed by atoms with Crippen molar-refractivity contribution in [2.75, 3.05) is 13.2 Å². The SMILES string of the molecule is CC(=O)OS.OCCO. The maximum absolute atomic E-state index is 9.51. The first-order chi connectivity index (χ1) is 4.18. The van der Waals surface area contributed by atoms with E-state index < -0.39 is 0 Å². The number of carbonyl (C=O) groups is 1. The molecule has 56 valence electrons. The molecule has 0 aromatic rings. The zero-order valence-corrected chi connectivity index (χ0v) is 5.97. The Morgan fingerprint density at radius 2 is 1.78 bits per heavy atom. The van der Waals surface area contributed by atoms with Gasteiger partial charge in [0.2, 0.25) is 0 Å². The smallest absolute Gasteiger partial charge is 0.314 e. The summed E-state index contributed by atoms with van der Waals surface area (Å²) in [5.41, 5.74) is 0. The van der Waals surface area contributed by atoms with E-state index in [-0.39, 0.29) is 19.2 Å². The molecule has 0 radical (unpaired) electrons. The van der Waals surface area contributed by atoms with Crippen molar-refractivity contribution in [3.8, 4) is 0 Å². The molecule has 0 rings (SSSR count). The molecule has 0 aromatic carbocycles. The number of aliphatic hydroxyl groups excluding tert-OH is 2. The number of hydrogen-bond donors (Lipinski definition) is 3. The van der Waals surface area contributed by atoms with E-state index >= 15 is 0 Å². The van der Waals surface area contributed by atoms with Crippen LogP contribution in [0, 0.1) is 0 Å². The van der Waals surface area contributed by atoms with Gasteiger partial charge in [0.1, 0.15) is 0 Å². The summed E-state index contributed by atoms with van der Waals surface area (Å²) < 4.78 is 3.81. The van der Waals surface area contributed by atoms with Crippen LogP contribution in [-0.2, 0) is 8.98 Å². The molecule has 0 saturated carbocycles. The lowest BCUT2D eigenvalue weighted by atomic mass is 10.8. The van der Waals surface area contributed by atoms with E-state index in [2.05, 4.69) is 17.1 Å². The second kappa shape index (κ2) is 10.7. The molecule has 0 heterocycles. The molecule has 0 unspecified atom stereocenters. The van der Waals surface area contributed by atoms with Crippen molar-refractivity contribution >= 4 is 18.9 Å². The highest BCUT2D eigenvalue weighted by Crippen LogP contribution is 1.74. The minimum absolute atomic E-state index is 0.125. The maximum atomic E-state index is 9.51. The monoisotopic (exact) mass is 154 g/mol. The maximum Gasteiger partial charge on any atom is 0.314 e. The Bertz CT molecular complexity index is 63.6. The summed E-state index contributed by atoms with van der Waals surface area (Å²) in [5.74, 6) is -0.381. The van der Waals surface area contributed by atoms with E-state index in [0.717, 1.165) is 0 Å². The molecule has 9 heavy (non-hydrogen) atoms. The fraction of sp³-hybridized carbons (Fsp3) is 0.750. The van der Waals surface area contributed by atoms with Crippen LogP contribution < -0.4 is 0 Å². The summed E-state index contributed by atoms with van der Waals surface area (Å²) in [5, 5.41) is 15.2. The lowest BCUT2D eigenvalue weighted by molar-refractivity contribution is -0.130. The van der Waals surface area contributed by atoms with Crippen LogP contribution in [0.5, 0.6) is 0 Å². The van der Waals surface area contributed by atoms with Crippen LogP contribution >= 0.6 is 12.9 Å². The van der Waals surface area contributed by atoms with Crippen LogP contribution in [0.15, 0.2) is 0 Å². The molecule has 0 aliphatic rings. The van der Waals surface area contributed by atoms with Gasteiger partial charge in [0.15, 0.2) is 0 Å². The number of thiol groups is 1. The summed E-state index contributed by atoms with van der Waals surface area (Å²) in [6.45, 7) is 1.03. The van der Waals surface area contributed by atoms with Gasteiger partial charge in [0.25, 0.3) is 0 Å². The zero-order valence-electron chi connectivity index (χ0n) is 5.07.